The quantitative estimate of drug-likeness (QED) is 0.767. The van der Waals surface area contributed by atoms with Crippen molar-refractivity contribution in [2.45, 2.75) is 18.9 Å². The van der Waals surface area contributed by atoms with Crippen LogP contribution >= 0.6 is 0 Å². The molecule has 0 saturated carbocycles. The molecular formula is C12H15N5O. The molecule has 0 amide bonds. The second kappa shape index (κ2) is 4.38. The van der Waals surface area contributed by atoms with Crippen molar-refractivity contribution in [1.29, 1.82) is 0 Å². The number of aromatic nitrogens is 4. The summed E-state index contributed by atoms with van der Waals surface area (Å²) in [6.45, 7) is 0.211. The third-order valence-corrected chi connectivity index (χ3v) is 3.42. The molecule has 1 aliphatic rings. The van der Waals surface area contributed by atoms with E-state index >= 15 is 0 Å². The van der Waals surface area contributed by atoms with E-state index in [1.54, 1.807) is 6.33 Å². The lowest BCUT2D eigenvalue weighted by Crippen LogP contribution is -2.15. The lowest BCUT2D eigenvalue weighted by atomic mass is 9.93. The molecule has 0 bridgehead atoms. The fourth-order valence-electron chi connectivity index (χ4n) is 2.36. The lowest BCUT2D eigenvalue weighted by molar-refractivity contribution is 0.235. The highest BCUT2D eigenvalue weighted by molar-refractivity contribution is 5.81. The van der Waals surface area contributed by atoms with Crippen molar-refractivity contribution in [3.8, 4) is 0 Å². The van der Waals surface area contributed by atoms with Crippen molar-refractivity contribution in [1.82, 2.24) is 19.5 Å². The predicted molar refractivity (Wildman–Crippen MR) is 67.7 cm³/mol. The highest BCUT2D eigenvalue weighted by Gasteiger charge is 2.19. The third-order valence-electron chi connectivity index (χ3n) is 3.42. The number of aliphatic hydroxyl groups is 1. The van der Waals surface area contributed by atoms with Crippen LogP contribution in [0.25, 0.3) is 11.2 Å². The molecule has 1 aliphatic carbocycles. The molecule has 0 aliphatic heterocycles. The molecule has 18 heavy (non-hydrogen) atoms. The van der Waals surface area contributed by atoms with Gasteiger partial charge in [0.25, 0.3) is 0 Å². The van der Waals surface area contributed by atoms with Crippen molar-refractivity contribution < 1.29 is 5.11 Å². The summed E-state index contributed by atoms with van der Waals surface area (Å²) in [6, 6.07) is 0.229. The lowest BCUT2D eigenvalue weighted by Gasteiger charge is -2.22. The van der Waals surface area contributed by atoms with E-state index in [0.29, 0.717) is 11.3 Å². The monoisotopic (exact) mass is 245 g/mol. The second-order valence-electron chi connectivity index (χ2n) is 4.56. The van der Waals surface area contributed by atoms with Crippen LogP contribution in [0, 0.1) is 5.92 Å². The molecule has 3 rings (SSSR count). The maximum absolute atomic E-state index is 9.11. The fourth-order valence-corrected chi connectivity index (χ4v) is 2.36. The highest BCUT2D eigenvalue weighted by atomic mass is 16.3. The van der Waals surface area contributed by atoms with E-state index in [1.807, 2.05) is 4.57 Å². The summed E-state index contributed by atoms with van der Waals surface area (Å²) < 4.78 is 2.01. The van der Waals surface area contributed by atoms with E-state index < -0.39 is 0 Å². The summed E-state index contributed by atoms with van der Waals surface area (Å²) in [5.41, 5.74) is 7.18. The van der Waals surface area contributed by atoms with Crippen molar-refractivity contribution in [2.24, 2.45) is 5.92 Å². The summed E-state index contributed by atoms with van der Waals surface area (Å²) in [7, 11) is 0. The van der Waals surface area contributed by atoms with Gasteiger partial charge in [-0.25, -0.2) is 15.0 Å². The van der Waals surface area contributed by atoms with Crippen LogP contribution < -0.4 is 5.73 Å². The van der Waals surface area contributed by atoms with Gasteiger partial charge in [0.05, 0.1) is 12.4 Å². The fraction of sp³-hybridized carbons (Fsp3) is 0.417. The van der Waals surface area contributed by atoms with Gasteiger partial charge in [-0.05, 0) is 12.8 Å². The molecule has 94 valence electrons. The molecule has 0 radical (unpaired) electrons. The molecule has 6 heteroatoms. The Bertz CT molecular complexity index is 591. The van der Waals surface area contributed by atoms with E-state index in [2.05, 4.69) is 27.1 Å². The van der Waals surface area contributed by atoms with Crippen LogP contribution in [0.15, 0.2) is 24.8 Å². The van der Waals surface area contributed by atoms with Gasteiger partial charge in [0, 0.05) is 12.5 Å². The number of anilines is 1. The van der Waals surface area contributed by atoms with Crippen LogP contribution in [0.3, 0.4) is 0 Å². The first kappa shape index (κ1) is 11.2. The number of aliphatic hydroxyl groups excluding tert-OH is 1. The minimum atomic E-state index is 0.211. The van der Waals surface area contributed by atoms with E-state index in [9.17, 15) is 0 Å². The topological polar surface area (TPSA) is 89.9 Å². The number of nitrogen functional groups attached to an aromatic ring is 1. The number of allylic oxidation sites excluding steroid dienone is 1. The molecule has 0 aromatic carbocycles. The maximum Gasteiger partial charge on any atom is 0.165 e. The molecule has 2 aromatic heterocycles. The molecule has 2 heterocycles. The Morgan fingerprint density at radius 3 is 2.89 bits per heavy atom. The van der Waals surface area contributed by atoms with Gasteiger partial charge >= 0.3 is 0 Å². The van der Waals surface area contributed by atoms with Gasteiger partial charge in [0.15, 0.2) is 11.5 Å². The molecular weight excluding hydrogens is 230 g/mol. The van der Waals surface area contributed by atoms with E-state index in [0.717, 1.165) is 18.5 Å². The van der Waals surface area contributed by atoms with Gasteiger partial charge in [-0.2, -0.15) is 0 Å². The first-order valence-electron chi connectivity index (χ1n) is 6.02. The standard InChI is InChI=1S/C12H15N5O/c13-11-10-12(15-6-14-11)17(7-16-10)9-3-1-8(5-18)2-4-9/h1,3,6-9,18H,2,4-5H2,(H2,13,14,15)/t8-,9+/m0/s1. The maximum atomic E-state index is 9.11. The normalized spacial score (nSPS) is 23.6. The predicted octanol–water partition coefficient (Wildman–Crippen LogP) is 0.908. The number of nitrogens with two attached hydrogens (primary N) is 1. The number of imidazole rings is 1. The van der Waals surface area contributed by atoms with Gasteiger partial charge in [0.2, 0.25) is 0 Å². The first-order chi connectivity index (χ1) is 8.79. The van der Waals surface area contributed by atoms with Crippen molar-refractivity contribution >= 4 is 17.0 Å². The summed E-state index contributed by atoms with van der Waals surface area (Å²) in [4.78, 5) is 12.4. The molecule has 2 atom stereocenters. The smallest absolute Gasteiger partial charge is 0.165 e. The van der Waals surface area contributed by atoms with Crippen molar-refractivity contribution in [3.05, 3.63) is 24.8 Å². The van der Waals surface area contributed by atoms with E-state index in [-0.39, 0.29) is 18.6 Å². The minimum absolute atomic E-state index is 0.211. The molecule has 0 fully saturated rings. The van der Waals surface area contributed by atoms with E-state index in [1.165, 1.54) is 6.33 Å². The number of hydrogen-bond donors (Lipinski definition) is 2. The summed E-state index contributed by atoms with van der Waals surface area (Å²) >= 11 is 0. The number of nitrogens with zero attached hydrogens (tertiary/aromatic N) is 4. The third kappa shape index (κ3) is 1.74. The minimum Gasteiger partial charge on any atom is -0.396 e. The van der Waals surface area contributed by atoms with Crippen LogP contribution in [-0.4, -0.2) is 31.2 Å². The van der Waals surface area contributed by atoms with Crippen LogP contribution in [0.5, 0.6) is 0 Å². The molecule has 6 nitrogen and oxygen atoms in total. The zero-order valence-corrected chi connectivity index (χ0v) is 9.90. The van der Waals surface area contributed by atoms with Crippen LogP contribution in [0.2, 0.25) is 0 Å². The summed E-state index contributed by atoms with van der Waals surface area (Å²) in [5.74, 6) is 0.683. The molecule has 3 N–H and O–H groups in total. The Labute approximate surface area is 104 Å². The average Bonchev–Trinajstić information content (AvgIpc) is 2.84. The Morgan fingerprint density at radius 2 is 2.17 bits per heavy atom. The van der Waals surface area contributed by atoms with Gasteiger partial charge in [-0.1, -0.05) is 12.2 Å². The molecule has 0 saturated heterocycles. The number of hydrogen-bond acceptors (Lipinski definition) is 5. The largest absolute Gasteiger partial charge is 0.396 e. The zero-order valence-electron chi connectivity index (χ0n) is 9.90. The Balaban J connectivity index is 1.98. The van der Waals surface area contributed by atoms with E-state index in [4.69, 9.17) is 10.8 Å². The van der Waals surface area contributed by atoms with Crippen LogP contribution in [-0.2, 0) is 0 Å². The second-order valence-corrected chi connectivity index (χ2v) is 4.56. The van der Waals surface area contributed by atoms with Crippen LogP contribution in [0.4, 0.5) is 5.82 Å². The van der Waals surface area contributed by atoms with Gasteiger partial charge in [-0.3, -0.25) is 0 Å². The highest BCUT2D eigenvalue weighted by Crippen LogP contribution is 2.28. The SMILES string of the molecule is Nc1ncnc2c1ncn2[C@@H]1C=C[C@H](CO)CC1. The van der Waals surface area contributed by atoms with Gasteiger partial charge < -0.3 is 15.4 Å². The molecule has 0 spiro atoms. The average molecular weight is 245 g/mol. The Hall–Kier alpha value is -1.95. The Morgan fingerprint density at radius 1 is 1.28 bits per heavy atom. The van der Waals surface area contributed by atoms with Gasteiger partial charge in [-0.15, -0.1) is 0 Å². The van der Waals surface area contributed by atoms with Crippen molar-refractivity contribution in [2.75, 3.05) is 12.3 Å². The van der Waals surface area contributed by atoms with Crippen molar-refractivity contribution in [3.63, 3.8) is 0 Å². The van der Waals surface area contributed by atoms with Crippen LogP contribution in [0.1, 0.15) is 18.9 Å². The molecule has 2 aromatic rings. The number of fused-ring (bicyclic) bond motifs is 1. The molecule has 0 unspecified atom stereocenters. The zero-order chi connectivity index (χ0) is 12.5. The Kier molecular flexibility index (Phi) is 2.71. The number of rotatable bonds is 2. The first-order valence-corrected chi connectivity index (χ1v) is 6.02. The summed E-state index contributed by atoms with van der Waals surface area (Å²) in [5, 5.41) is 9.11. The summed E-state index contributed by atoms with van der Waals surface area (Å²) in [6.07, 6.45) is 9.31. The van der Waals surface area contributed by atoms with Gasteiger partial charge in [0.1, 0.15) is 11.8 Å².